The van der Waals surface area contributed by atoms with Crippen molar-refractivity contribution >= 4 is 28.1 Å². The zero-order valence-corrected chi connectivity index (χ0v) is 9.80. The fraction of sp³-hybridized carbons (Fsp3) is 0.333. The van der Waals surface area contributed by atoms with Crippen molar-refractivity contribution in [2.45, 2.75) is 17.5 Å². The molecule has 0 spiro atoms. The summed E-state index contributed by atoms with van der Waals surface area (Å²) in [5.41, 5.74) is 1.07. The normalized spacial score (nSPS) is 13.3. The standard InChI is InChI=1S/C9H10ClGeO2/c10-7-3-1-6(2-4-7)8(11)5-9(12)13/h1-4,8-9,12-13H,5H2. The summed E-state index contributed by atoms with van der Waals surface area (Å²) in [6.45, 7) is 0. The molecular formula is C9H10ClGeO2. The van der Waals surface area contributed by atoms with E-state index >= 15 is 0 Å². The molecule has 1 rings (SSSR count). The molecule has 0 heterocycles. The molecule has 0 aromatic heterocycles. The van der Waals surface area contributed by atoms with Crippen LogP contribution < -0.4 is 0 Å². The second-order valence-corrected chi connectivity index (χ2v) is 4.72. The van der Waals surface area contributed by atoms with Crippen LogP contribution in [0.1, 0.15) is 16.7 Å². The summed E-state index contributed by atoms with van der Waals surface area (Å²) < 4.78 is 0.136. The van der Waals surface area contributed by atoms with Crippen molar-refractivity contribution in [1.29, 1.82) is 0 Å². The van der Waals surface area contributed by atoms with Gasteiger partial charge in [-0.2, -0.15) is 0 Å². The summed E-state index contributed by atoms with van der Waals surface area (Å²) in [4.78, 5) is 0. The Morgan fingerprint density at radius 3 is 2.23 bits per heavy atom. The number of hydrogen-bond acceptors (Lipinski definition) is 2. The van der Waals surface area contributed by atoms with Crippen molar-refractivity contribution in [1.82, 2.24) is 0 Å². The van der Waals surface area contributed by atoms with Crippen molar-refractivity contribution < 1.29 is 10.2 Å². The van der Waals surface area contributed by atoms with Crippen molar-refractivity contribution in [2.75, 3.05) is 0 Å². The average Bonchev–Trinajstić information content (AvgIpc) is 2.04. The van der Waals surface area contributed by atoms with Crippen LogP contribution in [0.2, 0.25) is 5.02 Å². The molecule has 69 valence electrons. The van der Waals surface area contributed by atoms with Crippen LogP contribution in [0.5, 0.6) is 0 Å². The maximum absolute atomic E-state index is 8.77. The molecule has 13 heavy (non-hydrogen) atoms. The van der Waals surface area contributed by atoms with Gasteiger partial charge in [-0.3, -0.25) is 0 Å². The summed E-state index contributed by atoms with van der Waals surface area (Å²) >= 11 is 7.67. The molecule has 0 saturated heterocycles. The molecule has 0 aliphatic rings. The minimum atomic E-state index is -1.24. The van der Waals surface area contributed by atoms with Crippen LogP contribution >= 0.6 is 11.6 Å². The first-order chi connectivity index (χ1) is 6.09. The van der Waals surface area contributed by atoms with Gasteiger partial charge in [0.25, 0.3) is 0 Å². The molecule has 3 radical (unpaired) electrons. The van der Waals surface area contributed by atoms with Gasteiger partial charge in [-0.1, -0.05) is 0 Å². The number of hydrogen-bond donors (Lipinski definition) is 2. The van der Waals surface area contributed by atoms with Crippen molar-refractivity contribution in [3.63, 3.8) is 0 Å². The summed E-state index contributed by atoms with van der Waals surface area (Å²) in [7, 11) is 0. The van der Waals surface area contributed by atoms with Crippen LogP contribution in [0.15, 0.2) is 24.3 Å². The van der Waals surface area contributed by atoms with E-state index in [1.54, 1.807) is 12.1 Å². The Labute approximate surface area is 90.8 Å². The zero-order chi connectivity index (χ0) is 9.84. The molecular weight excluding hydrogens is 248 g/mol. The van der Waals surface area contributed by atoms with E-state index < -0.39 is 6.29 Å². The molecule has 0 bridgehead atoms. The molecule has 0 saturated carbocycles. The van der Waals surface area contributed by atoms with Gasteiger partial charge in [-0.15, -0.1) is 0 Å². The van der Waals surface area contributed by atoms with E-state index in [2.05, 4.69) is 0 Å². The number of halogens is 1. The first-order valence-electron chi connectivity index (χ1n) is 3.92. The second-order valence-electron chi connectivity index (χ2n) is 2.82. The SMILES string of the molecule is OC(O)C[CH]([Ge])c1ccc(Cl)cc1. The molecule has 2 nitrogen and oxygen atoms in total. The van der Waals surface area contributed by atoms with E-state index in [4.69, 9.17) is 21.8 Å². The van der Waals surface area contributed by atoms with E-state index in [1.807, 2.05) is 28.6 Å². The van der Waals surface area contributed by atoms with Crippen molar-refractivity contribution in [3.05, 3.63) is 34.9 Å². The summed E-state index contributed by atoms with van der Waals surface area (Å²) in [6, 6.07) is 7.40. The Balaban J connectivity index is 2.66. The minimum absolute atomic E-state index is 0.136. The Morgan fingerprint density at radius 1 is 1.23 bits per heavy atom. The summed E-state index contributed by atoms with van der Waals surface area (Å²) in [5, 5.41) is 18.2. The van der Waals surface area contributed by atoms with E-state index in [0.717, 1.165) is 5.56 Å². The van der Waals surface area contributed by atoms with Crippen molar-refractivity contribution in [2.24, 2.45) is 0 Å². The molecule has 1 atom stereocenters. The van der Waals surface area contributed by atoms with Gasteiger partial charge < -0.3 is 0 Å². The Morgan fingerprint density at radius 2 is 1.77 bits per heavy atom. The molecule has 2 N–H and O–H groups in total. The first kappa shape index (κ1) is 11.0. The van der Waals surface area contributed by atoms with Gasteiger partial charge >= 0.3 is 90.6 Å². The monoisotopic (exact) mass is 259 g/mol. The van der Waals surface area contributed by atoms with E-state index in [0.29, 0.717) is 11.4 Å². The molecule has 0 amide bonds. The third kappa shape index (κ3) is 3.69. The molecule has 1 aromatic rings. The summed E-state index contributed by atoms with van der Waals surface area (Å²) in [6.07, 6.45) is -0.896. The van der Waals surface area contributed by atoms with Crippen LogP contribution in [0, 0.1) is 0 Å². The average molecular weight is 258 g/mol. The topological polar surface area (TPSA) is 40.5 Å². The summed E-state index contributed by atoms with van der Waals surface area (Å²) in [5.74, 6) is 0. The Kier molecular flexibility index (Phi) is 4.25. The number of aliphatic hydroxyl groups is 2. The van der Waals surface area contributed by atoms with Gasteiger partial charge in [0.2, 0.25) is 0 Å². The van der Waals surface area contributed by atoms with Gasteiger partial charge in [0.05, 0.1) is 0 Å². The Bertz CT molecular complexity index is 261. The van der Waals surface area contributed by atoms with E-state index in [1.165, 1.54) is 0 Å². The number of aliphatic hydroxyl groups excluding tert-OH is 1. The first-order valence-corrected chi connectivity index (χ1v) is 5.51. The van der Waals surface area contributed by atoms with Gasteiger partial charge in [0, 0.05) is 0 Å². The van der Waals surface area contributed by atoms with Gasteiger partial charge in [0.1, 0.15) is 0 Å². The molecule has 0 aliphatic heterocycles. The molecule has 4 heteroatoms. The van der Waals surface area contributed by atoms with Gasteiger partial charge in [-0.05, 0) is 0 Å². The molecule has 0 fully saturated rings. The quantitative estimate of drug-likeness (QED) is 0.633. The fourth-order valence-electron chi connectivity index (χ4n) is 1.04. The maximum atomic E-state index is 8.77. The fourth-order valence-corrected chi connectivity index (χ4v) is 2.01. The van der Waals surface area contributed by atoms with Crippen LogP contribution in [0.4, 0.5) is 0 Å². The molecule has 1 aromatic carbocycles. The van der Waals surface area contributed by atoms with Crippen LogP contribution in [0.3, 0.4) is 0 Å². The Hall–Kier alpha value is -0.0271. The van der Waals surface area contributed by atoms with Crippen LogP contribution in [0.25, 0.3) is 0 Å². The third-order valence-corrected chi connectivity index (χ3v) is 3.16. The third-order valence-electron chi connectivity index (χ3n) is 1.72. The zero-order valence-electron chi connectivity index (χ0n) is 6.94. The van der Waals surface area contributed by atoms with Crippen LogP contribution in [-0.2, 0) is 0 Å². The molecule has 1 unspecified atom stereocenters. The van der Waals surface area contributed by atoms with Gasteiger partial charge in [-0.25, -0.2) is 0 Å². The van der Waals surface area contributed by atoms with E-state index in [9.17, 15) is 0 Å². The predicted molar refractivity (Wildman–Crippen MR) is 52.8 cm³/mol. The predicted octanol–water partition coefficient (Wildman–Crippen LogP) is 1.25. The van der Waals surface area contributed by atoms with E-state index in [-0.39, 0.29) is 4.75 Å². The molecule has 0 aliphatic carbocycles. The van der Waals surface area contributed by atoms with Crippen molar-refractivity contribution in [3.8, 4) is 0 Å². The second kappa shape index (κ2) is 5.00. The van der Waals surface area contributed by atoms with Gasteiger partial charge in [0.15, 0.2) is 0 Å². The van der Waals surface area contributed by atoms with Crippen LogP contribution in [-0.4, -0.2) is 33.0 Å². The number of benzene rings is 1. The number of rotatable bonds is 3.